The highest BCUT2D eigenvalue weighted by atomic mass is 16.5. The number of likely N-dealkylation sites (N-methyl/N-ethyl adjacent to an activating group) is 1. The fourth-order valence-electron chi connectivity index (χ4n) is 3.74. The van der Waals surface area contributed by atoms with Gasteiger partial charge in [-0.3, -0.25) is 19.2 Å². The number of morpholine rings is 1. The molecule has 2 aromatic heterocycles. The largest absolute Gasteiger partial charge is 0.366 e. The van der Waals surface area contributed by atoms with Crippen LogP contribution in [0, 0.1) is 0 Å². The van der Waals surface area contributed by atoms with Crippen LogP contribution in [0.1, 0.15) is 18.3 Å². The van der Waals surface area contributed by atoms with Crippen molar-refractivity contribution in [2.45, 2.75) is 26.1 Å². The molecular formula is C21H26N6O3. The highest BCUT2D eigenvalue weighted by Crippen LogP contribution is 2.14. The Morgan fingerprint density at radius 3 is 2.97 bits per heavy atom. The van der Waals surface area contributed by atoms with Gasteiger partial charge in [0.15, 0.2) is 0 Å². The number of rotatable bonds is 6. The average molecular weight is 410 g/mol. The summed E-state index contributed by atoms with van der Waals surface area (Å²) in [5.74, 6) is 0.556. The van der Waals surface area contributed by atoms with E-state index in [4.69, 9.17) is 4.74 Å². The van der Waals surface area contributed by atoms with E-state index in [9.17, 15) is 9.59 Å². The molecule has 3 heterocycles. The molecule has 1 aliphatic heterocycles. The monoisotopic (exact) mass is 410 g/mol. The first-order valence-electron chi connectivity index (χ1n) is 10.1. The Hall–Kier alpha value is -3.04. The summed E-state index contributed by atoms with van der Waals surface area (Å²) in [4.78, 5) is 36.6. The van der Waals surface area contributed by atoms with Crippen molar-refractivity contribution in [3.05, 3.63) is 58.4 Å². The maximum absolute atomic E-state index is 13.0. The molecule has 1 unspecified atom stereocenters. The van der Waals surface area contributed by atoms with Crippen LogP contribution < -0.4 is 5.56 Å². The molecule has 9 heteroatoms. The van der Waals surface area contributed by atoms with Crippen LogP contribution >= 0.6 is 0 Å². The van der Waals surface area contributed by atoms with Crippen molar-refractivity contribution in [3.63, 3.8) is 0 Å². The van der Waals surface area contributed by atoms with Crippen LogP contribution in [0.25, 0.3) is 10.9 Å². The smallest absolute Gasteiger partial charge is 0.258 e. The molecule has 0 saturated carbocycles. The molecule has 158 valence electrons. The van der Waals surface area contributed by atoms with Crippen molar-refractivity contribution in [3.8, 4) is 0 Å². The number of nitrogens with one attached hydrogen (secondary N) is 1. The number of carbonyl (C=O) groups excluding carboxylic acids is 1. The van der Waals surface area contributed by atoms with Crippen LogP contribution in [0.3, 0.4) is 0 Å². The van der Waals surface area contributed by atoms with E-state index in [-0.39, 0.29) is 11.5 Å². The van der Waals surface area contributed by atoms with Crippen molar-refractivity contribution in [2.75, 3.05) is 26.2 Å². The van der Waals surface area contributed by atoms with Gasteiger partial charge in [-0.25, -0.2) is 4.98 Å². The standard InChI is InChI=1S/C21H26N6O3/c1-3-27(12-15-10-22-25(2)11-15)21(29)18-13-26(8-9-30-18)14-19-23-17-7-5-4-6-16(17)20(28)24-19/h4-7,10-11,18H,3,8-9,12-14H2,1-2H3,(H,23,24,28). The van der Waals surface area contributed by atoms with Crippen LogP contribution in [0.15, 0.2) is 41.5 Å². The number of amides is 1. The molecule has 1 aliphatic rings. The van der Waals surface area contributed by atoms with E-state index in [1.165, 1.54) is 0 Å². The van der Waals surface area contributed by atoms with E-state index < -0.39 is 6.10 Å². The number of fused-ring (bicyclic) bond motifs is 1. The first-order chi connectivity index (χ1) is 14.5. The van der Waals surface area contributed by atoms with Gasteiger partial charge in [-0.2, -0.15) is 5.10 Å². The molecule has 1 saturated heterocycles. The maximum atomic E-state index is 13.0. The molecule has 1 aromatic carbocycles. The van der Waals surface area contributed by atoms with E-state index in [0.29, 0.717) is 56.1 Å². The van der Waals surface area contributed by atoms with Gasteiger partial charge >= 0.3 is 0 Å². The molecule has 0 aliphatic carbocycles. The van der Waals surface area contributed by atoms with Crippen LogP contribution in [-0.2, 0) is 29.7 Å². The SMILES string of the molecule is CCN(Cc1cnn(C)c1)C(=O)C1CN(Cc2nc3ccccc3c(=O)[nH]2)CCO1. The summed E-state index contributed by atoms with van der Waals surface area (Å²) in [6, 6.07) is 7.28. The highest BCUT2D eigenvalue weighted by Gasteiger charge is 2.30. The zero-order valence-corrected chi connectivity index (χ0v) is 17.2. The average Bonchev–Trinajstić information content (AvgIpc) is 3.16. The summed E-state index contributed by atoms with van der Waals surface area (Å²) in [7, 11) is 1.86. The molecule has 1 N–H and O–H groups in total. The lowest BCUT2D eigenvalue weighted by Gasteiger charge is -2.34. The van der Waals surface area contributed by atoms with Gasteiger partial charge in [-0.15, -0.1) is 0 Å². The molecule has 4 rings (SSSR count). The van der Waals surface area contributed by atoms with E-state index in [1.54, 1.807) is 21.8 Å². The molecule has 1 amide bonds. The van der Waals surface area contributed by atoms with E-state index in [0.717, 1.165) is 5.56 Å². The lowest BCUT2D eigenvalue weighted by Crippen LogP contribution is -2.50. The zero-order valence-electron chi connectivity index (χ0n) is 17.2. The second-order valence-electron chi connectivity index (χ2n) is 7.50. The van der Waals surface area contributed by atoms with Crippen molar-refractivity contribution >= 4 is 16.8 Å². The maximum Gasteiger partial charge on any atom is 0.258 e. The Balaban J connectivity index is 1.43. The molecule has 3 aromatic rings. The molecule has 1 atom stereocenters. The number of aromatic amines is 1. The van der Waals surface area contributed by atoms with Crippen molar-refractivity contribution in [1.29, 1.82) is 0 Å². The fraction of sp³-hybridized carbons (Fsp3) is 0.429. The fourth-order valence-corrected chi connectivity index (χ4v) is 3.74. The van der Waals surface area contributed by atoms with Gasteiger partial charge in [0.2, 0.25) is 0 Å². The summed E-state index contributed by atoms with van der Waals surface area (Å²) in [5, 5.41) is 4.74. The Morgan fingerprint density at radius 1 is 1.37 bits per heavy atom. The number of hydrogen-bond acceptors (Lipinski definition) is 6. The van der Waals surface area contributed by atoms with Gasteiger partial charge in [0, 0.05) is 45.0 Å². The minimum Gasteiger partial charge on any atom is -0.366 e. The first kappa shape index (κ1) is 20.2. The number of ether oxygens (including phenoxy) is 1. The highest BCUT2D eigenvalue weighted by molar-refractivity contribution is 5.81. The van der Waals surface area contributed by atoms with Crippen molar-refractivity contribution in [2.24, 2.45) is 7.05 Å². The van der Waals surface area contributed by atoms with Crippen LogP contribution in [0.2, 0.25) is 0 Å². The van der Waals surface area contributed by atoms with Gasteiger partial charge in [0.05, 0.1) is 30.3 Å². The number of carbonyl (C=O) groups is 1. The number of aromatic nitrogens is 4. The minimum atomic E-state index is -0.539. The number of benzene rings is 1. The molecular weight excluding hydrogens is 384 g/mol. The lowest BCUT2D eigenvalue weighted by atomic mass is 10.2. The van der Waals surface area contributed by atoms with Gasteiger partial charge in [0.1, 0.15) is 11.9 Å². The molecule has 0 radical (unpaired) electrons. The molecule has 0 spiro atoms. The van der Waals surface area contributed by atoms with Gasteiger partial charge in [0.25, 0.3) is 11.5 Å². The van der Waals surface area contributed by atoms with Crippen LogP contribution in [0.5, 0.6) is 0 Å². The van der Waals surface area contributed by atoms with E-state index in [1.807, 2.05) is 38.4 Å². The molecule has 1 fully saturated rings. The normalized spacial score (nSPS) is 17.3. The van der Waals surface area contributed by atoms with Gasteiger partial charge < -0.3 is 14.6 Å². The number of aryl methyl sites for hydroxylation is 1. The Bertz CT molecular complexity index is 1090. The van der Waals surface area contributed by atoms with Crippen LogP contribution in [0.4, 0.5) is 0 Å². The second-order valence-corrected chi connectivity index (χ2v) is 7.50. The Labute approximate surface area is 174 Å². The number of nitrogens with zero attached hydrogens (tertiary/aromatic N) is 5. The van der Waals surface area contributed by atoms with Gasteiger partial charge in [-0.1, -0.05) is 12.1 Å². The van der Waals surface area contributed by atoms with Crippen LogP contribution in [-0.4, -0.2) is 67.8 Å². The third kappa shape index (κ3) is 4.42. The summed E-state index contributed by atoms with van der Waals surface area (Å²) in [6.07, 6.45) is 3.14. The third-order valence-corrected chi connectivity index (χ3v) is 5.29. The van der Waals surface area contributed by atoms with Crippen molar-refractivity contribution in [1.82, 2.24) is 29.5 Å². The zero-order chi connectivity index (χ0) is 21.1. The van der Waals surface area contributed by atoms with Gasteiger partial charge in [-0.05, 0) is 19.1 Å². The Kier molecular flexibility index (Phi) is 5.91. The quantitative estimate of drug-likeness (QED) is 0.649. The number of H-pyrrole nitrogens is 1. The summed E-state index contributed by atoms with van der Waals surface area (Å²) in [5.41, 5.74) is 1.51. The summed E-state index contributed by atoms with van der Waals surface area (Å²) in [6.45, 7) is 5.10. The summed E-state index contributed by atoms with van der Waals surface area (Å²) < 4.78 is 7.51. The molecule has 9 nitrogen and oxygen atoms in total. The lowest BCUT2D eigenvalue weighted by molar-refractivity contribution is -0.150. The van der Waals surface area contributed by atoms with Crippen molar-refractivity contribution < 1.29 is 9.53 Å². The third-order valence-electron chi connectivity index (χ3n) is 5.29. The predicted octanol–water partition coefficient (Wildman–Crippen LogP) is 0.906. The summed E-state index contributed by atoms with van der Waals surface area (Å²) >= 11 is 0. The van der Waals surface area contributed by atoms with E-state index >= 15 is 0 Å². The second kappa shape index (κ2) is 8.76. The molecule has 30 heavy (non-hydrogen) atoms. The Morgan fingerprint density at radius 2 is 2.20 bits per heavy atom. The molecule has 0 bridgehead atoms. The number of para-hydroxylation sites is 1. The number of hydrogen-bond donors (Lipinski definition) is 1. The van der Waals surface area contributed by atoms with E-state index in [2.05, 4.69) is 20.0 Å². The predicted molar refractivity (Wildman–Crippen MR) is 112 cm³/mol. The minimum absolute atomic E-state index is 0.0361. The first-order valence-corrected chi connectivity index (χ1v) is 10.1. The topological polar surface area (TPSA) is 96.4 Å².